The molecule has 0 spiro atoms. The molecule has 0 atom stereocenters. The number of nitrogens with one attached hydrogen (secondary N) is 1. The van der Waals surface area contributed by atoms with Crippen molar-refractivity contribution in [3.63, 3.8) is 0 Å². The minimum absolute atomic E-state index is 0.819. The van der Waals surface area contributed by atoms with Crippen molar-refractivity contribution in [1.82, 2.24) is 15.1 Å². The molecule has 1 heterocycles. The van der Waals surface area contributed by atoms with Crippen LogP contribution in [0.4, 0.5) is 0 Å². The largest absolute Gasteiger partial charge is 0.316 e. The van der Waals surface area contributed by atoms with Gasteiger partial charge in [0.1, 0.15) is 0 Å². The molecule has 82 valence electrons. The number of nitrogens with zero attached hydrogens (tertiary/aromatic N) is 2. The highest BCUT2D eigenvalue weighted by atomic mass is 15.3. The molecule has 0 bridgehead atoms. The molecule has 0 aliphatic heterocycles. The van der Waals surface area contributed by atoms with E-state index in [0.29, 0.717) is 0 Å². The fraction of sp³-hybridized carbons (Fsp3) is 0.583. The number of hydrogen-bond acceptors (Lipinski definition) is 2. The predicted molar refractivity (Wildman–Crippen MR) is 62.5 cm³/mol. The van der Waals surface area contributed by atoms with Crippen LogP contribution in [0.25, 0.3) is 0 Å². The number of unbranched alkanes of at least 4 members (excludes halogenated alkanes) is 1. The molecule has 0 aromatic carbocycles. The molecule has 0 aliphatic rings. The summed E-state index contributed by atoms with van der Waals surface area (Å²) in [6.07, 6.45) is 7.04. The van der Waals surface area contributed by atoms with E-state index in [-0.39, 0.29) is 0 Å². The van der Waals surface area contributed by atoms with E-state index >= 15 is 0 Å². The highest BCUT2D eigenvalue weighted by Gasteiger charge is 2.09. The normalized spacial score (nSPS) is 10.3. The average molecular weight is 205 g/mol. The zero-order chi connectivity index (χ0) is 11.3. The van der Waals surface area contributed by atoms with Gasteiger partial charge >= 0.3 is 0 Å². The van der Waals surface area contributed by atoms with Gasteiger partial charge in [-0.15, -0.1) is 12.3 Å². The van der Waals surface area contributed by atoms with Crippen molar-refractivity contribution in [1.29, 1.82) is 0 Å². The summed E-state index contributed by atoms with van der Waals surface area (Å²) in [4.78, 5) is 0. The van der Waals surface area contributed by atoms with Gasteiger partial charge in [-0.1, -0.05) is 0 Å². The molecule has 0 saturated carbocycles. The van der Waals surface area contributed by atoms with E-state index in [1.165, 1.54) is 11.3 Å². The Balaban J connectivity index is 2.73. The lowest BCUT2D eigenvalue weighted by Gasteiger charge is -2.03. The predicted octanol–water partition coefficient (Wildman–Crippen LogP) is 1.63. The smallest absolute Gasteiger partial charge is 0.0641 e. The van der Waals surface area contributed by atoms with E-state index in [1.807, 2.05) is 7.05 Å². The maximum Gasteiger partial charge on any atom is 0.0641 e. The monoisotopic (exact) mass is 205 g/mol. The van der Waals surface area contributed by atoms with Gasteiger partial charge in [0, 0.05) is 30.8 Å². The summed E-state index contributed by atoms with van der Waals surface area (Å²) in [6.45, 7) is 5.97. The topological polar surface area (TPSA) is 29.9 Å². The Morgan fingerprint density at radius 1 is 1.47 bits per heavy atom. The molecule has 0 fully saturated rings. The molecule has 0 radical (unpaired) electrons. The summed E-state index contributed by atoms with van der Waals surface area (Å²) in [5, 5.41) is 7.67. The molecule has 0 aliphatic carbocycles. The lowest BCUT2D eigenvalue weighted by molar-refractivity contribution is 0.568. The molecule has 0 unspecified atom stereocenters. The average Bonchev–Trinajstić information content (AvgIpc) is 2.47. The van der Waals surface area contributed by atoms with E-state index in [0.717, 1.165) is 31.6 Å². The molecule has 0 saturated heterocycles. The van der Waals surface area contributed by atoms with Gasteiger partial charge in [0.2, 0.25) is 0 Å². The van der Waals surface area contributed by atoms with Gasteiger partial charge in [-0.25, -0.2) is 0 Å². The molecule has 0 amide bonds. The molecule has 3 heteroatoms. The van der Waals surface area contributed by atoms with Gasteiger partial charge in [-0.3, -0.25) is 4.68 Å². The zero-order valence-electron chi connectivity index (χ0n) is 9.80. The third kappa shape index (κ3) is 2.84. The Kier molecular flexibility index (Phi) is 4.38. The minimum atomic E-state index is 0.819. The fourth-order valence-corrected chi connectivity index (χ4v) is 1.72. The standard InChI is InChI=1S/C12H19N3/c1-5-6-7-8-15-11(3)12(9-13-4)10(2)14-15/h1,13H,6-9H2,2-4H3. The second-order valence-corrected chi connectivity index (χ2v) is 3.71. The third-order valence-corrected chi connectivity index (χ3v) is 2.58. The Hall–Kier alpha value is -1.27. The van der Waals surface area contributed by atoms with E-state index in [1.54, 1.807) is 0 Å². The molecule has 1 rings (SSSR count). The number of hydrogen-bond donors (Lipinski definition) is 1. The highest BCUT2D eigenvalue weighted by Crippen LogP contribution is 2.13. The van der Waals surface area contributed by atoms with Crippen LogP contribution in [-0.4, -0.2) is 16.8 Å². The number of terminal acetylenes is 1. The fourth-order valence-electron chi connectivity index (χ4n) is 1.72. The van der Waals surface area contributed by atoms with E-state index < -0.39 is 0 Å². The van der Waals surface area contributed by atoms with Crippen molar-refractivity contribution in [2.24, 2.45) is 0 Å². The van der Waals surface area contributed by atoms with Crippen molar-refractivity contribution in [2.45, 2.75) is 39.8 Å². The summed E-state index contributed by atoms with van der Waals surface area (Å²) in [6, 6.07) is 0. The molecule has 1 aromatic rings. The van der Waals surface area contributed by atoms with Crippen molar-refractivity contribution >= 4 is 0 Å². The van der Waals surface area contributed by atoms with Gasteiger partial charge in [0.05, 0.1) is 5.69 Å². The van der Waals surface area contributed by atoms with E-state index in [9.17, 15) is 0 Å². The Morgan fingerprint density at radius 3 is 2.80 bits per heavy atom. The molecule has 15 heavy (non-hydrogen) atoms. The highest BCUT2D eigenvalue weighted by molar-refractivity contribution is 5.24. The summed E-state index contributed by atoms with van der Waals surface area (Å²) < 4.78 is 2.05. The molecular weight excluding hydrogens is 186 g/mol. The van der Waals surface area contributed by atoms with E-state index in [4.69, 9.17) is 6.42 Å². The van der Waals surface area contributed by atoms with Crippen LogP contribution in [-0.2, 0) is 13.1 Å². The van der Waals surface area contributed by atoms with Crippen LogP contribution in [0.5, 0.6) is 0 Å². The lowest BCUT2D eigenvalue weighted by atomic mass is 10.2. The van der Waals surface area contributed by atoms with Crippen molar-refractivity contribution in [3.05, 3.63) is 17.0 Å². The van der Waals surface area contributed by atoms with Crippen LogP contribution in [0.3, 0.4) is 0 Å². The molecular formula is C12H19N3. The van der Waals surface area contributed by atoms with Crippen LogP contribution in [0.15, 0.2) is 0 Å². The summed E-state index contributed by atoms with van der Waals surface area (Å²) in [5.41, 5.74) is 3.67. The van der Waals surface area contributed by atoms with Crippen LogP contribution < -0.4 is 5.32 Å². The maximum atomic E-state index is 5.22. The van der Waals surface area contributed by atoms with Gasteiger partial charge < -0.3 is 5.32 Å². The van der Waals surface area contributed by atoms with Gasteiger partial charge in [0.25, 0.3) is 0 Å². The van der Waals surface area contributed by atoms with Crippen molar-refractivity contribution < 1.29 is 0 Å². The second kappa shape index (κ2) is 5.57. The lowest BCUT2D eigenvalue weighted by Crippen LogP contribution is -2.08. The molecule has 3 nitrogen and oxygen atoms in total. The maximum absolute atomic E-state index is 5.22. The van der Waals surface area contributed by atoms with Gasteiger partial charge in [-0.2, -0.15) is 5.10 Å². The quantitative estimate of drug-likeness (QED) is 0.585. The first-order chi connectivity index (χ1) is 7.20. The van der Waals surface area contributed by atoms with Crippen LogP contribution in [0.1, 0.15) is 29.8 Å². The first-order valence-corrected chi connectivity index (χ1v) is 5.31. The van der Waals surface area contributed by atoms with Crippen LogP contribution in [0.2, 0.25) is 0 Å². The third-order valence-electron chi connectivity index (χ3n) is 2.58. The summed E-state index contributed by atoms with van der Waals surface area (Å²) in [7, 11) is 1.95. The van der Waals surface area contributed by atoms with Crippen LogP contribution >= 0.6 is 0 Å². The first kappa shape index (κ1) is 11.8. The number of aromatic nitrogens is 2. The molecule has 1 aromatic heterocycles. The van der Waals surface area contributed by atoms with Crippen LogP contribution in [0, 0.1) is 26.2 Å². The van der Waals surface area contributed by atoms with Gasteiger partial charge in [-0.05, 0) is 27.3 Å². The first-order valence-electron chi connectivity index (χ1n) is 5.31. The van der Waals surface area contributed by atoms with Crippen molar-refractivity contribution in [3.8, 4) is 12.3 Å². The summed E-state index contributed by atoms with van der Waals surface area (Å²) >= 11 is 0. The Bertz CT molecular complexity index is 358. The number of rotatable bonds is 5. The Labute approximate surface area is 91.9 Å². The Morgan fingerprint density at radius 2 is 2.20 bits per heavy atom. The molecule has 1 N–H and O–H groups in total. The zero-order valence-corrected chi connectivity index (χ0v) is 9.80. The summed E-state index contributed by atoms with van der Waals surface area (Å²) in [5.74, 6) is 2.65. The van der Waals surface area contributed by atoms with Gasteiger partial charge in [0.15, 0.2) is 0 Å². The minimum Gasteiger partial charge on any atom is -0.316 e. The second-order valence-electron chi connectivity index (χ2n) is 3.71. The number of aryl methyl sites for hydroxylation is 2. The van der Waals surface area contributed by atoms with Crippen molar-refractivity contribution in [2.75, 3.05) is 7.05 Å². The SMILES string of the molecule is C#CCCCn1nc(C)c(CNC)c1C. The van der Waals surface area contributed by atoms with E-state index in [2.05, 4.69) is 34.9 Å².